The van der Waals surface area contributed by atoms with Gasteiger partial charge in [0.25, 0.3) is 0 Å². The van der Waals surface area contributed by atoms with Crippen LogP contribution < -0.4 is 30.7 Å². The molecule has 8 rings (SSSR count). The summed E-state index contributed by atoms with van der Waals surface area (Å²) in [4.78, 5) is 83.9. The van der Waals surface area contributed by atoms with E-state index in [-0.39, 0.29) is 73.4 Å². The van der Waals surface area contributed by atoms with Gasteiger partial charge in [0.05, 0.1) is 24.6 Å². The van der Waals surface area contributed by atoms with Crippen molar-refractivity contribution >= 4 is 74.0 Å². The van der Waals surface area contributed by atoms with Gasteiger partial charge in [-0.1, -0.05) is 77.9 Å². The molecule has 0 aliphatic carbocycles. The molecule has 34 heteroatoms. The minimum Gasteiger partial charge on any atom is -0.465 e. The maximum Gasteiger partial charge on any atom is 0.459 e. The molecule has 2 aromatic carbocycles. The average molecular weight is 1350 g/mol. The van der Waals surface area contributed by atoms with Crippen LogP contribution in [0.3, 0.4) is 0 Å². The van der Waals surface area contributed by atoms with Gasteiger partial charge in [0.1, 0.15) is 84.8 Å². The van der Waals surface area contributed by atoms with Crippen LogP contribution in [-0.4, -0.2) is 139 Å². The fraction of sp³-hybridized carbons (Fsp3) is 0.467. The van der Waals surface area contributed by atoms with Crippen molar-refractivity contribution in [3.63, 3.8) is 0 Å². The molecule has 0 unspecified atom stereocenters. The summed E-state index contributed by atoms with van der Waals surface area (Å²) in [6.45, 7) is 11.3. The zero-order valence-corrected chi connectivity index (χ0v) is 54.5. The molecule has 0 amide bonds. The molecule has 0 bridgehead atoms. The standard InChI is InChI=1S/2C30H37N6O10P/c2*1-5-15-41-29(39)19(4)35-47(40,46-20-11-9-8-10-12-20)42-17-30(16-31)27(44-24(38)7-3)26(43-23(37)6-2)25(45-30)21-13-14-22-28(32)33-18-34-36(21)22/h2*8-14,18-19,25-27H,5-7,15,17H2,1-4H3,(H,35,40)(H2,32,33,34)/t19-,25-,26-,27-,30+,47+;19-,25-,26-,27-,30+,47-/m00/s1. The van der Waals surface area contributed by atoms with Gasteiger partial charge in [-0.3, -0.25) is 37.8 Å². The highest BCUT2D eigenvalue weighted by Gasteiger charge is 2.64. The minimum atomic E-state index is -4.51. The third kappa shape index (κ3) is 17.4. The van der Waals surface area contributed by atoms with Gasteiger partial charge >= 0.3 is 51.3 Å². The third-order valence-corrected chi connectivity index (χ3v) is 17.4. The predicted octanol–water partition coefficient (Wildman–Crippen LogP) is 6.85. The number of carbonyl (C=O) groups is 6. The molecule has 2 saturated heterocycles. The fourth-order valence-corrected chi connectivity index (χ4v) is 12.4. The average Bonchev–Trinajstić information content (AvgIpc) is 1.59. The Kier molecular flexibility index (Phi) is 25.1. The minimum absolute atomic E-state index is 0.0478. The second-order valence-corrected chi connectivity index (χ2v) is 24.4. The lowest BCUT2D eigenvalue weighted by molar-refractivity contribution is -0.169. The number of hydrogen-bond donors (Lipinski definition) is 4. The van der Waals surface area contributed by atoms with Gasteiger partial charge in [-0.05, 0) is 75.2 Å². The smallest absolute Gasteiger partial charge is 0.459 e. The number of nitriles is 2. The summed E-state index contributed by atoms with van der Waals surface area (Å²) in [7, 11) is -9.02. The number of hydrogen-bond acceptors (Lipinski definition) is 28. The number of rotatable bonds is 30. The van der Waals surface area contributed by atoms with Gasteiger partial charge in [-0.25, -0.2) is 28.1 Å². The second-order valence-electron chi connectivity index (χ2n) is 21.0. The molecule has 2 aliphatic rings. The van der Waals surface area contributed by atoms with E-state index in [2.05, 4.69) is 30.3 Å². The third-order valence-electron chi connectivity index (χ3n) is 14.1. The van der Waals surface area contributed by atoms with Gasteiger partial charge in [0.2, 0.25) is 11.2 Å². The van der Waals surface area contributed by atoms with E-state index < -0.39 is 124 Å². The molecule has 0 spiro atoms. The number of nitrogen functional groups attached to an aromatic ring is 2. The number of para-hydroxylation sites is 2. The quantitative estimate of drug-likeness (QED) is 0.0203. The monoisotopic (exact) mass is 1340 g/mol. The Labute approximate surface area is 540 Å². The number of ether oxygens (including phenoxy) is 8. The summed E-state index contributed by atoms with van der Waals surface area (Å²) in [6, 6.07) is 24.0. The van der Waals surface area contributed by atoms with Crippen LogP contribution in [-0.2, 0) is 84.8 Å². The molecule has 6 aromatic rings. The Balaban J connectivity index is 0.000000266. The summed E-state index contributed by atoms with van der Waals surface area (Å²) >= 11 is 0. The van der Waals surface area contributed by atoms with Crippen molar-refractivity contribution in [1.29, 1.82) is 10.5 Å². The van der Waals surface area contributed by atoms with Crippen molar-refractivity contribution in [2.75, 3.05) is 37.9 Å². The Bertz CT molecular complexity index is 3570. The number of aromatic nitrogens is 6. The van der Waals surface area contributed by atoms with Gasteiger partial charge in [-0.2, -0.15) is 30.9 Å². The van der Waals surface area contributed by atoms with Crippen LogP contribution in [0.5, 0.6) is 11.5 Å². The van der Waals surface area contributed by atoms with Crippen LogP contribution in [0.25, 0.3) is 11.0 Å². The zero-order valence-electron chi connectivity index (χ0n) is 52.7. The summed E-state index contributed by atoms with van der Waals surface area (Å²) in [6.07, 6.45) is -5.20. The summed E-state index contributed by atoms with van der Waals surface area (Å²) in [5.41, 5.74) is 8.95. The van der Waals surface area contributed by atoms with Crippen LogP contribution >= 0.6 is 15.5 Å². The maximum atomic E-state index is 14.2. The fourth-order valence-electron chi connectivity index (χ4n) is 9.39. The van der Waals surface area contributed by atoms with E-state index >= 15 is 0 Å². The molecular formula is C60H74N12O20P2. The Morgan fingerprint density at radius 3 is 1.24 bits per heavy atom. The maximum absolute atomic E-state index is 14.2. The first-order valence-corrected chi connectivity index (χ1v) is 33.1. The van der Waals surface area contributed by atoms with Crippen LogP contribution in [0, 0.1) is 22.7 Å². The first kappa shape index (κ1) is 72.3. The number of fused-ring (bicyclic) bond motifs is 2. The van der Waals surface area contributed by atoms with Crippen molar-refractivity contribution in [3.05, 3.63) is 109 Å². The molecule has 0 radical (unpaired) electrons. The van der Waals surface area contributed by atoms with E-state index in [1.165, 1.54) is 59.8 Å². The van der Waals surface area contributed by atoms with E-state index in [0.717, 1.165) is 0 Å². The predicted molar refractivity (Wildman–Crippen MR) is 329 cm³/mol. The van der Waals surface area contributed by atoms with Crippen LogP contribution in [0.1, 0.15) is 118 Å². The number of esters is 6. The molecule has 12 atom stereocenters. The van der Waals surface area contributed by atoms with Crippen molar-refractivity contribution in [1.82, 2.24) is 39.4 Å². The number of nitrogens with one attached hydrogen (secondary N) is 2. The number of nitrogens with two attached hydrogens (primary N) is 2. The number of nitrogens with zero attached hydrogens (tertiary/aromatic N) is 8. The largest absolute Gasteiger partial charge is 0.465 e. The molecule has 4 aromatic heterocycles. The lowest BCUT2D eigenvalue weighted by Crippen LogP contribution is -2.49. The molecule has 504 valence electrons. The van der Waals surface area contributed by atoms with E-state index in [1.54, 1.807) is 88.4 Å². The SMILES string of the molecule is CCCOC(=O)[C@H](C)N[P@@](=O)(OC[C@@]1(C#N)O[C@@H](c2ccc3c(N)ncnn23)[C@H](OC(=O)CC)[C@@H]1OC(=O)CC)Oc1ccccc1.CCCOC(=O)[C@H](C)N[P@](=O)(OC[C@@]1(C#N)O[C@@H](c2ccc3c(N)ncnn23)[C@H](OC(=O)CC)[C@@H]1OC(=O)CC)Oc1ccccc1. The van der Waals surface area contributed by atoms with E-state index in [0.29, 0.717) is 23.9 Å². The molecule has 2 fully saturated rings. The summed E-state index contributed by atoms with van der Waals surface area (Å²) in [5.74, 6) is -3.74. The first-order valence-electron chi connectivity index (χ1n) is 30.0. The molecular weight excluding hydrogens is 1270 g/mol. The lowest BCUT2D eigenvalue weighted by atomic mass is 9.95. The normalized spacial score (nSPS) is 22.5. The summed E-state index contributed by atoms with van der Waals surface area (Å²) in [5, 5.41) is 34.8. The second kappa shape index (κ2) is 32.6. The molecule has 2 aliphatic heterocycles. The van der Waals surface area contributed by atoms with Crippen LogP contribution in [0.15, 0.2) is 97.6 Å². The molecule has 32 nitrogen and oxygen atoms in total. The lowest BCUT2D eigenvalue weighted by Gasteiger charge is -2.30. The summed E-state index contributed by atoms with van der Waals surface area (Å²) < 4.78 is 100. The Morgan fingerprint density at radius 1 is 0.564 bits per heavy atom. The van der Waals surface area contributed by atoms with E-state index in [1.807, 2.05) is 26.0 Å². The van der Waals surface area contributed by atoms with E-state index in [4.69, 9.17) is 67.5 Å². The topological polar surface area (TPSA) is 431 Å². The Hall–Kier alpha value is -9.10. The number of carbonyl (C=O) groups excluding carboxylic acids is 6. The Morgan fingerprint density at radius 2 is 0.915 bits per heavy atom. The molecule has 94 heavy (non-hydrogen) atoms. The molecule has 6 heterocycles. The van der Waals surface area contributed by atoms with Crippen molar-refractivity contribution in [2.45, 2.75) is 154 Å². The highest BCUT2D eigenvalue weighted by Crippen LogP contribution is 2.52. The van der Waals surface area contributed by atoms with E-state index in [9.17, 15) is 48.4 Å². The van der Waals surface area contributed by atoms with Crippen molar-refractivity contribution < 1.29 is 93.9 Å². The van der Waals surface area contributed by atoms with Gasteiger partial charge in [0, 0.05) is 25.7 Å². The van der Waals surface area contributed by atoms with Gasteiger partial charge < -0.3 is 58.4 Å². The highest BCUT2D eigenvalue weighted by molar-refractivity contribution is 7.52. The van der Waals surface area contributed by atoms with Crippen LogP contribution in [0.2, 0.25) is 0 Å². The van der Waals surface area contributed by atoms with Crippen molar-refractivity contribution in [3.8, 4) is 23.6 Å². The van der Waals surface area contributed by atoms with Gasteiger partial charge in [-0.15, -0.1) is 0 Å². The highest BCUT2D eigenvalue weighted by atomic mass is 31.2. The molecule has 0 saturated carbocycles. The molecule has 6 N–H and O–H groups in total. The van der Waals surface area contributed by atoms with Crippen molar-refractivity contribution in [2.24, 2.45) is 0 Å². The number of benzene rings is 2. The number of anilines is 2. The van der Waals surface area contributed by atoms with Crippen LogP contribution in [0.4, 0.5) is 11.6 Å². The zero-order chi connectivity index (χ0) is 68.4. The van der Waals surface area contributed by atoms with Gasteiger partial charge in [0.15, 0.2) is 36.1 Å². The first-order chi connectivity index (χ1) is 45.0.